The van der Waals surface area contributed by atoms with E-state index in [-0.39, 0.29) is 12.2 Å². The standard InChI is InChI=1S/C13H20O5/c1-10(14)9-11(12(15)16-3)5-4-6-13(2)17-7-8-18-13/h5H,4,6-9H2,1-3H3/b11-5+. The molecular formula is C13H20O5. The van der Waals surface area contributed by atoms with Gasteiger partial charge in [-0.1, -0.05) is 6.08 Å². The van der Waals surface area contributed by atoms with Crippen LogP contribution < -0.4 is 0 Å². The Bertz CT molecular complexity index is 339. The lowest BCUT2D eigenvalue weighted by molar-refractivity contribution is -0.146. The Balaban J connectivity index is 2.54. The summed E-state index contributed by atoms with van der Waals surface area (Å²) in [7, 11) is 1.31. The molecule has 0 aromatic carbocycles. The summed E-state index contributed by atoms with van der Waals surface area (Å²) in [6.07, 6.45) is 3.08. The van der Waals surface area contributed by atoms with E-state index in [1.165, 1.54) is 14.0 Å². The maximum atomic E-state index is 11.4. The summed E-state index contributed by atoms with van der Waals surface area (Å²) in [6.45, 7) is 4.51. The Morgan fingerprint density at radius 1 is 1.33 bits per heavy atom. The van der Waals surface area contributed by atoms with E-state index in [1.54, 1.807) is 6.08 Å². The second-order valence-corrected chi connectivity index (χ2v) is 4.47. The van der Waals surface area contributed by atoms with Gasteiger partial charge < -0.3 is 14.2 Å². The number of allylic oxidation sites excluding steroid dienone is 1. The van der Waals surface area contributed by atoms with E-state index in [2.05, 4.69) is 4.74 Å². The Kier molecular flexibility index (Phi) is 5.50. The first-order valence-electron chi connectivity index (χ1n) is 6.01. The molecule has 0 radical (unpaired) electrons. The first kappa shape index (κ1) is 14.9. The van der Waals surface area contributed by atoms with Crippen LogP contribution in [0.25, 0.3) is 0 Å². The van der Waals surface area contributed by atoms with Crippen LogP contribution >= 0.6 is 0 Å². The van der Waals surface area contributed by atoms with Gasteiger partial charge in [-0.2, -0.15) is 0 Å². The molecule has 1 fully saturated rings. The Labute approximate surface area is 107 Å². The highest BCUT2D eigenvalue weighted by molar-refractivity contribution is 5.95. The van der Waals surface area contributed by atoms with E-state index in [1.807, 2.05) is 6.92 Å². The largest absolute Gasteiger partial charge is 0.466 e. The molecule has 102 valence electrons. The van der Waals surface area contributed by atoms with E-state index in [9.17, 15) is 9.59 Å². The number of carbonyl (C=O) groups excluding carboxylic acids is 2. The lowest BCUT2D eigenvalue weighted by Crippen LogP contribution is -2.24. The van der Waals surface area contributed by atoms with Crippen LogP contribution in [-0.2, 0) is 23.8 Å². The zero-order valence-corrected chi connectivity index (χ0v) is 11.2. The first-order valence-corrected chi connectivity index (χ1v) is 6.01. The lowest BCUT2D eigenvalue weighted by atomic mass is 10.1. The summed E-state index contributed by atoms with van der Waals surface area (Å²) in [5, 5.41) is 0. The normalized spacial score (nSPS) is 18.7. The van der Waals surface area contributed by atoms with Crippen LogP contribution in [0.2, 0.25) is 0 Å². The van der Waals surface area contributed by atoms with Crippen LogP contribution in [0.15, 0.2) is 11.6 Å². The summed E-state index contributed by atoms with van der Waals surface area (Å²) in [5.74, 6) is -1.09. The van der Waals surface area contributed by atoms with Gasteiger partial charge in [0.05, 0.1) is 20.3 Å². The minimum Gasteiger partial charge on any atom is -0.466 e. The van der Waals surface area contributed by atoms with E-state index < -0.39 is 11.8 Å². The molecule has 1 saturated heterocycles. The van der Waals surface area contributed by atoms with Gasteiger partial charge in [0.15, 0.2) is 5.79 Å². The topological polar surface area (TPSA) is 61.8 Å². The van der Waals surface area contributed by atoms with E-state index >= 15 is 0 Å². The molecule has 0 spiro atoms. The highest BCUT2D eigenvalue weighted by atomic mass is 16.7. The number of esters is 1. The van der Waals surface area contributed by atoms with Gasteiger partial charge in [0.25, 0.3) is 0 Å². The van der Waals surface area contributed by atoms with Crippen molar-refractivity contribution in [3.8, 4) is 0 Å². The van der Waals surface area contributed by atoms with Crippen LogP contribution in [0.5, 0.6) is 0 Å². The number of methoxy groups -OCH3 is 1. The average molecular weight is 256 g/mol. The van der Waals surface area contributed by atoms with Crippen LogP contribution in [-0.4, -0.2) is 37.9 Å². The molecule has 0 N–H and O–H groups in total. The monoisotopic (exact) mass is 256 g/mol. The summed E-state index contributed by atoms with van der Waals surface area (Å²) < 4.78 is 15.6. The molecule has 0 aromatic heterocycles. The van der Waals surface area contributed by atoms with E-state index in [0.717, 1.165) is 0 Å². The van der Waals surface area contributed by atoms with Gasteiger partial charge in [-0.3, -0.25) is 4.79 Å². The maximum Gasteiger partial charge on any atom is 0.333 e. The molecule has 18 heavy (non-hydrogen) atoms. The number of hydrogen-bond acceptors (Lipinski definition) is 5. The molecule has 0 aliphatic carbocycles. The van der Waals surface area contributed by atoms with Gasteiger partial charge in [0.2, 0.25) is 0 Å². The molecule has 0 saturated carbocycles. The first-order chi connectivity index (χ1) is 8.47. The number of rotatable bonds is 6. The molecule has 0 amide bonds. The van der Waals surface area contributed by atoms with Crippen molar-refractivity contribution in [3.63, 3.8) is 0 Å². The van der Waals surface area contributed by atoms with Crippen LogP contribution in [0, 0.1) is 0 Å². The van der Waals surface area contributed by atoms with Crippen molar-refractivity contribution in [1.82, 2.24) is 0 Å². The third kappa shape index (κ3) is 4.58. The summed E-state index contributed by atoms with van der Waals surface area (Å²) >= 11 is 0. The molecule has 5 nitrogen and oxygen atoms in total. The van der Waals surface area contributed by atoms with Gasteiger partial charge in [0, 0.05) is 18.4 Å². The second-order valence-electron chi connectivity index (χ2n) is 4.47. The van der Waals surface area contributed by atoms with Crippen LogP contribution in [0.4, 0.5) is 0 Å². The fraction of sp³-hybridized carbons (Fsp3) is 0.692. The van der Waals surface area contributed by atoms with Crippen molar-refractivity contribution in [3.05, 3.63) is 11.6 Å². The fourth-order valence-corrected chi connectivity index (χ4v) is 1.84. The third-order valence-electron chi connectivity index (χ3n) is 2.77. The number of ether oxygens (including phenoxy) is 3. The van der Waals surface area contributed by atoms with Crippen molar-refractivity contribution in [1.29, 1.82) is 0 Å². The van der Waals surface area contributed by atoms with Crippen molar-refractivity contribution in [2.45, 2.75) is 38.9 Å². The van der Waals surface area contributed by atoms with Crippen molar-refractivity contribution in [2.75, 3.05) is 20.3 Å². The Morgan fingerprint density at radius 3 is 2.44 bits per heavy atom. The third-order valence-corrected chi connectivity index (χ3v) is 2.77. The number of carbonyl (C=O) groups is 2. The minimum atomic E-state index is -0.575. The van der Waals surface area contributed by atoms with Gasteiger partial charge in [-0.05, 0) is 20.3 Å². The molecular weight excluding hydrogens is 236 g/mol. The second kappa shape index (κ2) is 6.66. The summed E-state index contributed by atoms with van der Waals surface area (Å²) in [6, 6.07) is 0. The predicted octanol–water partition coefficient (Wildman–Crippen LogP) is 1.61. The van der Waals surface area contributed by atoms with Gasteiger partial charge in [-0.15, -0.1) is 0 Å². The quantitative estimate of drug-likeness (QED) is 0.533. The predicted molar refractivity (Wildman–Crippen MR) is 64.9 cm³/mol. The SMILES string of the molecule is COC(=O)/C(=C/CCC1(C)OCCO1)CC(C)=O. The Morgan fingerprint density at radius 2 is 1.94 bits per heavy atom. The number of hydrogen-bond donors (Lipinski definition) is 0. The Hall–Kier alpha value is -1.20. The molecule has 1 aliphatic rings. The molecule has 1 heterocycles. The van der Waals surface area contributed by atoms with E-state index in [0.29, 0.717) is 31.6 Å². The smallest absolute Gasteiger partial charge is 0.333 e. The summed E-state index contributed by atoms with van der Waals surface area (Å²) in [5.41, 5.74) is 0.395. The van der Waals surface area contributed by atoms with Crippen LogP contribution in [0.1, 0.15) is 33.1 Å². The highest BCUT2D eigenvalue weighted by Gasteiger charge is 2.29. The highest BCUT2D eigenvalue weighted by Crippen LogP contribution is 2.24. The molecule has 0 unspecified atom stereocenters. The fourth-order valence-electron chi connectivity index (χ4n) is 1.84. The number of ketones is 1. The zero-order chi connectivity index (χ0) is 13.6. The average Bonchev–Trinajstić information content (AvgIpc) is 2.73. The molecule has 0 aromatic rings. The van der Waals surface area contributed by atoms with Crippen LogP contribution in [0.3, 0.4) is 0 Å². The zero-order valence-electron chi connectivity index (χ0n) is 11.2. The molecule has 0 atom stereocenters. The minimum absolute atomic E-state index is 0.0637. The molecule has 5 heteroatoms. The van der Waals surface area contributed by atoms with Crippen molar-refractivity contribution >= 4 is 11.8 Å². The van der Waals surface area contributed by atoms with Gasteiger partial charge >= 0.3 is 5.97 Å². The number of Topliss-reactive ketones (excluding diaryl/α,β-unsaturated/α-hetero) is 1. The van der Waals surface area contributed by atoms with Crippen molar-refractivity contribution < 1.29 is 23.8 Å². The molecule has 1 rings (SSSR count). The van der Waals surface area contributed by atoms with Crippen molar-refractivity contribution in [2.24, 2.45) is 0 Å². The molecule has 1 aliphatic heterocycles. The molecule has 0 bridgehead atoms. The summed E-state index contributed by atoms with van der Waals surface area (Å²) in [4.78, 5) is 22.5. The van der Waals surface area contributed by atoms with E-state index in [4.69, 9.17) is 9.47 Å². The maximum absolute atomic E-state index is 11.4. The lowest BCUT2D eigenvalue weighted by Gasteiger charge is -2.21. The van der Waals surface area contributed by atoms with Gasteiger partial charge in [-0.25, -0.2) is 4.79 Å². The van der Waals surface area contributed by atoms with Gasteiger partial charge in [0.1, 0.15) is 5.78 Å².